The van der Waals surface area contributed by atoms with Gasteiger partial charge in [0.25, 0.3) is 0 Å². The van der Waals surface area contributed by atoms with Gasteiger partial charge in [-0.3, -0.25) is 4.79 Å². The van der Waals surface area contributed by atoms with Crippen molar-refractivity contribution in [1.29, 1.82) is 0 Å². The Labute approximate surface area is 142 Å². The number of carbonyl (C=O) groups is 1. The summed E-state index contributed by atoms with van der Waals surface area (Å²) >= 11 is 5.93. The maximum atomic E-state index is 11.6. The zero-order valence-electron chi connectivity index (χ0n) is 14.1. The molecule has 1 aromatic carbocycles. The molecular formula is C16H25ClN4O2. The minimum Gasteiger partial charge on any atom is -0.489 e. The number of nitrogens with one attached hydrogen (secondary N) is 2. The van der Waals surface area contributed by atoms with E-state index in [0.29, 0.717) is 24.1 Å². The Morgan fingerprint density at radius 2 is 2.13 bits per heavy atom. The van der Waals surface area contributed by atoms with Crippen LogP contribution in [0.4, 0.5) is 0 Å². The Morgan fingerprint density at radius 1 is 1.39 bits per heavy atom. The summed E-state index contributed by atoms with van der Waals surface area (Å²) in [5.74, 6) is 1.26. The normalized spacial score (nSPS) is 12.5. The van der Waals surface area contributed by atoms with Crippen LogP contribution in [0.25, 0.3) is 0 Å². The van der Waals surface area contributed by atoms with Crippen molar-refractivity contribution < 1.29 is 9.53 Å². The minimum absolute atomic E-state index is 0.0505. The maximum Gasteiger partial charge on any atom is 0.243 e. The number of carbonyl (C=O) groups excluding carboxylic acids is 1. The molecule has 0 heterocycles. The highest BCUT2D eigenvalue weighted by Gasteiger charge is 2.07. The number of aliphatic imine (C=N–C) groups is 1. The van der Waals surface area contributed by atoms with Crippen molar-refractivity contribution in [2.75, 3.05) is 33.7 Å². The first kappa shape index (κ1) is 19.1. The molecule has 0 radical (unpaired) electrons. The van der Waals surface area contributed by atoms with E-state index in [1.165, 1.54) is 4.90 Å². The van der Waals surface area contributed by atoms with E-state index >= 15 is 0 Å². The molecule has 1 unspecified atom stereocenters. The lowest BCUT2D eigenvalue weighted by molar-refractivity contribution is -0.127. The lowest BCUT2D eigenvalue weighted by atomic mass is 10.3. The summed E-state index contributed by atoms with van der Waals surface area (Å²) in [6.45, 7) is 5.28. The van der Waals surface area contributed by atoms with Crippen LogP contribution in [0.15, 0.2) is 29.3 Å². The van der Waals surface area contributed by atoms with Crippen molar-refractivity contribution in [3.63, 3.8) is 0 Å². The smallest absolute Gasteiger partial charge is 0.243 e. The van der Waals surface area contributed by atoms with Crippen molar-refractivity contribution in [3.8, 4) is 5.75 Å². The summed E-state index contributed by atoms with van der Waals surface area (Å²) < 4.78 is 5.78. The number of nitrogens with zero attached hydrogens (tertiary/aromatic N) is 2. The topological polar surface area (TPSA) is 66.0 Å². The quantitative estimate of drug-likeness (QED) is 0.586. The fourth-order valence-corrected chi connectivity index (χ4v) is 1.86. The number of guanidine groups is 1. The summed E-state index contributed by atoms with van der Waals surface area (Å²) in [6.07, 6.45) is -0.0816. The summed E-state index contributed by atoms with van der Waals surface area (Å²) in [6, 6.07) is 7.27. The third kappa shape index (κ3) is 7.74. The highest BCUT2D eigenvalue weighted by molar-refractivity contribution is 6.30. The summed E-state index contributed by atoms with van der Waals surface area (Å²) in [5, 5.41) is 6.90. The first-order valence-corrected chi connectivity index (χ1v) is 7.94. The van der Waals surface area contributed by atoms with E-state index in [-0.39, 0.29) is 18.6 Å². The SMILES string of the molecule is CCNC(=NCC(=O)N(C)C)NCC(C)Oc1cccc(Cl)c1. The van der Waals surface area contributed by atoms with Gasteiger partial charge in [0.05, 0.1) is 6.54 Å². The highest BCUT2D eigenvalue weighted by Crippen LogP contribution is 2.18. The molecule has 0 fully saturated rings. The summed E-state index contributed by atoms with van der Waals surface area (Å²) in [4.78, 5) is 17.4. The number of benzene rings is 1. The van der Waals surface area contributed by atoms with Crippen LogP contribution in [0, 0.1) is 0 Å². The lowest BCUT2D eigenvalue weighted by Gasteiger charge is -2.18. The second-order valence-corrected chi connectivity index (χ2v) is 5.69. The van der Waals surface area contributed by atoms with Crippen LogP contribution in [0.3, 0.4) is 0 Å². The second-order valence-electron chi connectivity index (χ2n) is 5.25. The van der Waals surface area contributed by atoms with Crippen LogP contribution in [0.1, 0.15) is 13.8 Å². The number of halogens is 1. The third-order valence-electron chi connectivity index (χ3n) is 2.91. The Hall–Kier alpha value is -1.95. The molecule has 6 nitrogen and oxygen atoms in total. The van der Waals surface area contributed by atoms with Gasteiger partial charge in [0, 0.05) is 25.7 Å². The number of rotatable bonds is 7. The Bertz CT molecular complexity index is 535. The molecule has 1 amide bonds. The zero-order chi connectivity index (χ0) is 17.2. The molecule has 23 heavy (non-hydrogen) atoms. The van der Waals surface area contributed by atoms with E-state index in [9.17, 15) is 4.79 Å². The average molecular weight is 341 g/mol. The van der Waals surface area contributed by atoms with Gasteiger partial charge < -0.3 is 20.3 Å². The molecule has 1 aromatic rings. The average Bonchev–Trinajstić information content (AvgIpc) is 2.49. The molecule has 1 rings (SSSR count). The molecule has 7 heteroatoms. The van der Waals surface area contributed by atoms with E-state index < -0.39 is 0 Å². The van der Waals surface area contributed by atoms with Gasteiger partial charge in [-0.15, -0.1) is 0 Å². The van der Waals surface area contributed by atoms with E-state index in [1.807, 2.05) is 26.0 Å². The van der Waals surface area contributed by atoms with Crippen LogP contribution in [0.5, 0.6) is 5.75 Å². The van der Waals surface area contributed by atoms with Crippen molar-refractivity contribution in [2.24, 2.45) is 4.99 Å². The number of amides is 1. The standard InChI is InChI=1S/C16H25ClN4O2/c1-5-18-16(20-11-15(22)21(3)4)19-10-12(2)23-14-8-6-7-13(17)9-14/h6-9,12H,5,10-11H2,1-4H3,(H2,18,19,20). The molecule has 0 bridgehead atoms. The van der Waals surface area contributed by atoms with Crippen LogP contribution in [0.2, 0.25) is 5.02 Å². The first-order chi connectivity index (χ1) is 10.9. The predicted octanol–water partition coefficient (Wildman–Crippen LogP) is 1.75. The molecular weight excluding hydrogens is 316 g/mol. The molecule has 0 saturated carbocycles. The van der Waals surface area contributed by atoms with Gasteiger partial charge in [-0.25, -0.2) is 4.99 Å². The summed E-state index contributed by atoms with van der Waals surface area (Å²) in [7, 11) is 3.41. The molecule has 2 N–H and O–H groups in total. The van der Waals surface area contributed by atoms with Crippen LogP contribution in [-0.2, 0) is 4.79 Å². The van der Waals surface area contributed by atoms with Crippen molar-refractivity contribution in [3.05, 3.63) is 29.3 Å². The number of ether oxygens (including phenoxy) is 1. The molecule has 0 aliphatic rings. The fraction of sp³-hybridized carbons (Fsp3) is 0.500. The van der Waals surface area contributed by atoms with E-state index in [4.69, 9.17) is 16.3 Å². The minimum atomic E-state index is -0.0816. The van der Waals surface area contributed by atoms with Crippen LogP contribution >= 0.6 is 11.6 Å². The van der Waals surface area contributed by atoms with Gasteiger partial charge in [0.15, 0.2) is 5.96 Å². The maximum absolute atomic E-state index is 11.6. The first-order valence-electron chi connectivity index (χ1n) is 7.57. The van der Waals surface area contributed by atoms with Gasteiger partial charge in [0.1, 0.15) is 18.4 Å². The molecule has 0 saturated heterocycles. The zero-order valence-corrected chi connectivity index (χ0v) is 14.9. The van der Waals surface area contributed by atoms with Crippen molar-refractivity contribution in [1.82, 2.24) is 15.5 Å². The largest absolute Gasteiger partial charge is 0.489 e. The van der Waals surface area contributed by atoms with E-state index in [2.05, 4.69) is 15.6 Å². The molecule has 0 spiro atoms. The monoisotopic (exact) mass is 340 g/mol. The Balaban J connectivity index is 2.50. The Morgan fingerprint density at radius 3 is 2.74 bits per heavy atom. The molecule has 0 aliphatic heterocycles. The Kier molecular flexibility index (Phi) is 8.26. The van der Waals surface area contributed by atoms with E-state index in [0.717, 1.165) is 5.75 Å². The van der Waals surface area contributed by atoms with Gasteiger partial charge in [-0.05, 0) is 32.0 Å². The molecule has 0 aliphatic carbocycles. The number of hydrogen-bond acceptors (Lipinski definition) is 3. The van der Waals surface area contributed by atoms with Gasteiger partial charge in [0.2, 0.25) is 5.91 Å². The van der Waals surface area contributed by atoms with Crippen LogP contribution in [-0.4, -0.2) is 56.6 Å². The third-order valence-corrected chi connectivity index (χ3v) is 3.14. The van der Waals surface area contributed by atoms with Gasteiger partial charge in [-0.1, -0.05) is 17.7 Å². The molecule has 1 atom stereocenters. The van der Waals surface area contributed by atoms with Gasteiger partial charge >= 0.3 is 0 Å². The second kappa shape index (κ2) is 9.94. The fourth-order valence-electron chi connectivity index (χ4n) is 1.68. The van der Waals surface area contributed by atoms with E-state index in [1.54, 1.807) is 26.2 Å². The highest BCUT2D eigenvalue weighted by atomic mass is 35.5. The lowest BCUT2D eigenvalue weighted by Crippen LogP contribution is -2.42. The van der Waals surface area contributed by atoms with Crippen LogP contribution < -0.4 is 15.4 Å². The predicted molar refractivity (Wildman–Crippen MR) is 94.2 cm³/mol. The molecule has 0 aromatic heterocycles. The van der Waals surface area contributed by atoms with Crippen molar-refractivity contribution >= 4 is 23.5 Å². The number of hydrogen-bond donors (Lipinski definition) is 2. The van der Waals surface area contributed by atoms with Crippen molar-refractivity contribution in [2.45, 2.75) is 20.0 Å². The molecule has 128 valence electrons. The number of likely N-dealkylation sites (N-methyl/N-ethyl adjacent to an activating group) is 1. The van der Waals surface area contributed by atoms with Gasteiger partial charge in [-0.2, -0.15) is 0 Å². The summed E-state index contributed by atoms with van der Waals surface area (Å²) in [5.41, 5.74) is 0.